The molecule has 0 amide bonds. The van der Waals surface area contributed by atoms with Crippen molar-refractivity contribution in [2.45, 2.75) is 24.7 Å². The van der Waals surface area contributed by atoms with Gasteiger partial charge in [0.15, 0.2) is 0 Å². The van der Waals surface area contributed by atoms with E-state index in [1.54, 1.807) is 19.1 Å². The molecule has 2 saturated heterocycles. The normalized spacial score (nSPS) is 26.1. The van der Waals surface area contributed by atoms with Gasteiger partial charge in [-0.2, -0.15) is 0 Å². The number of epoxide rings is 2. The molecule has 3 rings (SSSR count). The van der Waals surface area contributed by atoms with Crippen LogP contribution in [-0.4, -0.2) is 55.5 Å². The van der Waals surface area contributed by atoms with Crippen LogP contribution in [0.3, 0.4) is 0 Å². The fourth-order valence-corrected chi connectivity index (χ4v) is 1.55. The molecule has 2 heterocycles. The number of benzene rings is 1. The molecule has 5 heteroatoms. The minimum Gasteiger partial charge on any atom is -0.393 e. The van der Waals surface area contributed by atoms with Gasteiger partial charge >= 0.3 is 0 Å². The molecule has 3 unspecified atom stereocenters. The largest absolute Gasteiger partial charge is 0.393 e. The van der Waals surface area contributed by atoms with Crippen molar-refractivity contribution < 1.29 is 24.4 Å². The van der Waals surface area contributed by atoms with Crippen LogP contribution >= 0.6 is 0 Å². The standard InChI is InChI=1S/C9H12O2.C6H10O3/c1-9(11,7-10)8-5-3-2-4-6-8;1(5-3-8-5)7-2-6-4-9-6/h2-6,10-11H,7H2,1H3;5-6H,1-4H2. The van der Waals surface area contributed by atoms with Gasteiger partial charge in [-0.05, 0) is 12.5 Å². The molecule has 0 aliphatic carbocycles. The van der Waals surface area contributed by atoms with Gasteiger partial charge < -0.3 is 24.4 Å². The number of hydrogen-bond acceptors (Lipinski definition) is 5. The van der Waals surface area contributed by atoms with Gasteiger partial charge in [0.05, 0.1) is 33.0 Å². The van der Waals surface area contributed by atoms with E-state index in [0.29, 0.717) is 12.2 Å². The molecular formula is C15H22O5. The zero-order valence-corrected chi connectivity index (χ0v) is 11.7. The number of aliphatic hydroxyl groups excluding tert-OH is 1. The molecule has 0 spiro atoms. The van der Waals surface area contributed by atoms with E-state index in [0.717, 1.165) is 32.0 Å². The molecule has 0 saturated carbocycles. The number of ether oxygens (including phenoxy) is 3. The van der Waals surface area contributed by atoms with E-state index in [1.807, 2.05) is 18.2 Å². The van der Waals surface area contributed by atoms with Crippen LogP contribution in [0.4, 0.5) is 0 Å². The summed E-state index contributed by atoms with van der Waals surface area (Å²) < 4.78 is 15.1. The highest BCUT2D eigenvalue weighted by Crippen LogP contribution is 2.18. The SMILES string of the molecule is C(OCC1CO1)C1CO1.CC(O)(CO)c1ccccc1. The van der Waals surface area contributed by atoms with E-state index in [2.05, 4.69) is 0 Å². The van der Waals surface area contributed by atoms with Crippen molar-refractivity contribution >= 4 is 0 Å². The summed E-state index contributed by atoms with van der Waals surface area (Å²) in [7, 11) is 0. The number of rotatable bonds is 6. The lowest BCUT2D eigenvalue weighted by Gasteiger charge is -2.20. The van der Waals surface area contributed by atoms with Crippen molar-refractivity contribution in [3.8, 4) is 0 Å². The van der Waals surface area contributed by atoms with Crippen LogP contribution in [0.15, 0.2) is 30.3 Å². The predicted octanol–water partition coefficient (Wildman–Crippen LogP) is 0.687. The third kappa shape index (κ3) is 5.56. The highest BCUT2D eigenvalue weighted by Gasteiger charge is 2.26. The van der Waals surface area contributed by atoms with Gasteiger partial charge in [-0.15, -0.1) is 0 Å². The second-order valence-corrected chi connectivity index (χ2v) is 5.25. The van der Waals surface area contributed by atoms with Crippen LogP contribution in [0.5, 0.6) is 0 Å². The Balaban J connectivity index is 0.000000149. The molecule has 112 valence electrons. The van der Waals surface area contributed by atoms with Crippen molar-refractivity contribution in [1.29, 1.82) is 0 Å². The molecule has 1 aromatic rings. The summed E-state index contributed by atoms with van der Waals surface area (Å²) in [5.74, 6) is 0. The molecule has 0 bridgehead atoms. The molecule has 2 N–H and O–H groups in total. The monoisotopic (exact) mass is 282 g/mol. The van der Waals surface area contributed by atoms with Gasteiger partial charge in [0.1, 0.15) is 17.8 Å². The first kappa shape index (κ1) is 15.4. The average Bonchev–Trinajstić information content (AvgIpc) is 3.35. The van der Waals surface area contributed by atoms with Crippen LogP contribution in [0.1, 0.15) is 12.5 Å². The molecule has 0 aromatic heterocycles. The molecule has 2 aliphatic heterocycles. The van der Waals surface area contributed by atoms with Gasteiger partial charge in [0, 0.05) is 0 Å². The summed E-state index contributed by atoms with van der Waals surface area (Å²) in [5, 5.41) is 18.3. The van der Waals surface area contributed by atoms with Crippen LogP contribution < -0.4 is 0 Å². The number of aliphatic hydroxyl groups is 2. The van der Waals surface area contributed by atoms with Crippen molar-refractivity contribution in [2.75, 3.05) is 33.0 Å². The smallest absolute Gasteiger partial charge is 0.110 e. The maximum absolute atomic E-state index is 9.54. The highest BCUT2D eigenvalue weighted by molar-refractivity contribution is 5.21. The van der Waals surface area contributed by atoms with Gasteiger partial charge in [0.25, 0.3) is 0 Å². The van der Waals surface area contributed by atoms with Gasteiger partial charge in [-0.1, -0.05) is 30.3 Å². The van der Waals surface area contributed by atoms with Crippen molar-refractivity contribution in [3.05, 3.63) is 35.9 Å². The van der Waals surface area contributed by atoms with Crippen molar-refractivity contribution in [1.82, 2.24) is 0 Å². The van der Waals surface area contributed by atoms with E-state index in [-0.39, 0.29) is 6.61 Å². The minimum absolute atomic E-state index is 0.253. The van der Waals surface area contributed by atoms with Gasteiger partial charge in [-0.25, -0.2) is 0 Å². The summed E-state index contributed by atoms with van der Waals surface area (Å²) in [6, 6.07) is 9.11. The van der Waals surface area contributed by atoms with Crippen LogP contribution in [0.25, 0.3) is 0 Å². The van der Waals surface area contributed by atoms with Gasteiger partial charge in [-0.3, -0.25) is 0 Å². The first-order valence-corrected chi connectivity index (χ1v) is 6.81. The highest BCUT2D eigenvalue weighted by atomic mass is 16.6. The Hall–Kier alpha value is -0.980. The van der Waals surface area contributed by atoms with Crippen molar-refractivity contribution in [3.63, 3.8) is 0 Å². The van der Waals surface area contributed by atoms with E-state index >= 15 is 0 Å². The van der Waals surface area contributed by atoms with E-state index < -0.39 is 5.60 Å². The molecule has 5 nitrogen and oxygen atoms in total. The topological polar surface area (TPSA) is 74.8 Å². The summed E-state index contributed by atoms with van der Waals surface area (Å²) in [4.78, 5) is 0. The maximum Gasteiger partial charge on any atom is 0.110 e. The Bertz CT molecular complexity index is 373. The predicted molar refractivity (Wildman–Crippen MR) is 73.4 cm³/mol. The number of hydrogen-bond donors (Lipinski definition) is 2. The van der Waals surface area contributed by atoms with Crippen LogP contribution in [0.2, 0.25) is 0 Å². The third-order valence-corrected chi connectivity index (χ3v) is 3.12. The zero-order valence-electron chi connectivity index (χ0n) is 11.7. The van der Waals surface area contributed by atoms with Crippen LogP contribution in [0, 0.1) is 0 Å². The molecule has 2 aliphatic rings. The average molecular weight is 282 g/mol. The maximum atomic E-state index is 9.54. The van der Waals surface area contributed by atoms with E-state index in [4.69, 9.17) is 19.3 Å². The quantitative estimate of drug-likeness (QED) is 0.751. The lowest BCUT2D eigenvalue weighted by molar-refractivity contribution is -0.00228. The lowest BCUT2D eigenvalue weighted by atomic mass is 9.97. The first-order chi connectivity index (χ1) is 9.62. The Morgan fingerprint density at radius 2 is 1.65 bits per heavy atom. The molecular weight excluding hydrogens is 260 g/mol. The summed E-state index contributed by atoms with van der Waals surface area (Å²) in [5.41, 5.74) is -0.371. The Kier molecular flexibility index (Phi) is 5.51. The van der Waals surface area contributed by atoms with Gasteiger partial charge in [0.2, 0.25) is 0 Å². The molecule has 3 atom stereocenters. The zero-order chi connectivity index (χ0) is 14.4. The fraction of sp³-hybridized carbons (Fsp3) is 0.600. The minimum atomic E-state index is -1.11. The second-order valence-electron chi connectivity index (χ2n) is 5.25. The van der Waals surface area contributed by atoms with Crippen LogP contribution in [-0.2, 0) is 19.8 Å². The molecule has 1 aromatic carbocycles. The second kappa shape index (κ2) is 7.15. The molecule has 2 fully saturated rings. The Morgan fingerprint density at radius 3 is 2.05 bits per heavy atom. The summed E-state index contributed by atoms with van der Waals surface area (Å²) in [6.07, 6.45) is 0.785. The summed E-state index contributed by atoms with van der Waals surface area (Å²) in [6.45, 7) is 4.59. The van der Waals surface area contributed by atoms with E-state index in [9.17, 15) is 5.11 Å². The Morgan fingerprint density at radius 1 is 1.15 bits per heavy atom. The van der Waals surface area contributed by atoms with E-state index in [1.165, 1.54) is 0 Å². The third-order valence-electron chi connectivity index (χ3n) is 3.12. The fourth-order valence-electron chi connectivity index (χ4n) is 1.55. The Labute approximate surface area is 119 Å². The first-order valence-electron chi connectivity index (χ1n) is 6.81. The molecule has 0 radical (unpaired) electrons. The molecule has 20 heavy (non-hydrogen) atoms. The van der Waals surface area contributed by atoms with Crippen molar-refractivity contribution in [2.24, 2.45) is 0 Å². The lowest BCUT2D eigenvalue weighted by Crippen LogP contribution is -2.25. The summed E-state index contributed by atoms with van der Waals surface area (Å²) >= 11 is 0.